The smallest absolute Gasteiger partial charge is 0.241 e. The van der Waals surface area contributed by atoms with Gasteiger partial charge in [0.1, 0.15) is 5.75 Å². The van der Waals surface area contributed by atoms with E-state index in [1.807, 2.05) is 24.3 Å². The number of likely N-dealkylation sites (tertiary alicyclic amines) is 1. The number of piperidine rings is 2. The summed E-state index contributed by atoms with van der Waals surface area (Å²) in [6.07, 6.45) is 4.43. The highest BCUT2D eigenvalue weighted by Crippen LogP contribution is 2.26. The lowest BCUT2D eigenvalue weighted by molar-refractivity contribution is -0.127. The lowest BCUT2D eigenvalue weighted by atomic mass is 9.96. The third-order valence-electron chi connectivity index (χ3n) is 7.83. The van der Waals surface area contributed by atoms with Gasteiger partial charge in [-0.05, 0) is 87.0 Å². The molecule has 0 aliphatic carbocycles. The van der Waals surface area contributed by atoms with Gasteiger partial charge in [0, 0.05) is 30.9 Å². The fourth-order valence-corrected chi connectivity index (χ4v) is 5.59. The quantitative estimate of drug-likeness (QED) is 0.447. The molecule has 8 heteroatoms. The Morgan fingerprint density at radius 1 is 1.08 bits per heavy atom. The van der Waals surface area contributed by atoms with E-state index in [9.17, 15) is 4.79 Å². The second kappa shape index (κ2) is 12.0. The molecule has 0 spiro atoms. The Morgan fingerprint density at radius 3 is 2.58 bits per heavy atom. The fourth-order valence-electron chi connectivity index (χ4n) is 5.59. The Kier molecular flexibility index (Phi) is 8.27. The minimum Gasteiger partial charge on any atom is -0.497 e. The van der Waals surface area contributed by atoms with Crippen LogP contribution in [0.4, 0.5) is 5.69 Å². The summed E-state index contributed by atoms with van der Waals surface area (Å²) in [6, 6.07) is 16.3. The maximum absolute atomic E-state index is 13.2. The Morgan fingerprint density at radius 2 is 1.84 bits per heavy atom. The normalized spacial score (nSPS) is 21.2. The van der Waals surface area contributed by atoms with Crippen LogP contribution >= 0.6 is 0 Å². The highest BCUT2D eigenvalue weighted by atomic mass is 16.5. The van der Waals surface area contributed by atoms with Gasteiger partial charge < -0.3 is 19.5 Å². The van der Waals surface area contributed by atoms with Crippen molar-refractivity contribution in [3.8, 4) is 17.1 Å². The monoisotopic (exact) mass is 517 g/mol. The highest BCUT2D eigenvalue weighted by molar-refractivity contribution is 5.79. The topological polar surface area (TPSA) is 83.7 Å². The van der Waals surface area contributed by atoms with Crippen molar-refractivity contribution < 1.29 is 14.1 Å². The van der Waals surface area contributed by atoms with E-state index in [1.54, 1.807) is 7.11 Å². The van der Waals surface area contributed by atoms with Gasteiger partial charge in [0.25, 0.3) is 0 Å². The van der Waals surface area contributed by atoms with Crippen LogP contribution in [0, 0.1) is 11.8 Å². The number of rotatable bonds is 8. The molecule has 2 aliphatic rings. The summed E-state index contributed by atoms with van der Waals surface area (Å²) in [6.45, 7) is 8.78. The fraction of sp³-hybridized carbons (Fsp3) is 0.500. The average molecular weight is 518 g/mol. The molecule has 3 heterocycles. The van der Waals surface area contributed by atoms with Gasteiger partial charge in [-0.1, -0.05) is 24.2 Å². The van der Waals surface area contributed by atoms with Crippen LogP contribution in [-0.4, -0.2) is 54.2 Å². The first-order chi connectivity index (χ1) is 18.5. The number of carbonyl (C=O) groups is 1. The van der Waals surface area contributed by atoms with Crippen molar-refractivity contribution in [2.75, 3.05) is 38.2 Å². The molecule has 2 aromatic carbocycles. The molecule has 1 aromatic heterocycles. The van der Waals surface area contributed by atoms with E-state index in [1.165, 1.54) is 18.5 Å². The predicted molar refractivity (Wildman–Crippen MR) is 148 cm³/mol. The van der Waals surface area contributed by atoms with Gasteiger partial charge in [0.15, 0.2) is 0 Å². The number of nitrogens with zero attached hydrogens (tertiary/aromatic N) is 4. The van der Waals surface area contributed by atoms with Crippen LogP contribution in [0.1, 0.15) is 57.0 Å². The second-order valence-corrected chi connectivity index (χ2v) is 10.8. The lowest BCUT2D eigenvalue weighted by Gasteiger charge is -2.33. The van der Waals surface area contributed by atoms with Crippen molar-refractivity contribution in [1.29, 1.82) is 0 Å². The number of benzene rings is 2. The van der Waals surface area contributed by atoms with E-state index < -0.39 is 0 Å². The van der Waals surface area contributed by atoms with Crippen LogP contribution in [0.15, 0.2) is 53.1 Å². The summed E-state index contributed by atoms with van der Waals surface area (Å²) in [5, 5.41) is 7.39. The van der Waals surface area contributed by atoms with Gasteiger partial charge in [-0.25, -0.2) is 0 Å². The molecule has 5 rings (SSSR count). The minimum absolute atomic E-state index is 0.0322. The number of amides is 1. The molecule has 3 atom stereocenters. The van der Waals surface area contributed by atoms with Crippen LogP contribution in [0.25, 0.3) is 11.4 Å². The highest BCUT2D eigenvalue weighted by Gasteiger charge is 2.28. The van der Waals surface area contributed by atoms with E-state index >= 15 is 0 Å². The van der Waals surface area contributed by atoms with Crippen LogP contribution in [0.5, 0.6) is 5.75 Å². The van der Waals surface area contributed by atoms with Gasteiger partial charge in [-0.3, -0.25) is 9.69 Å². The maximum atomic E-state index is 13.2. The van der Waals surface area contributed by atoms with Crippen molar-refractivity contribution in [3.63, 3.8) is 0 Å². The Hall–Kier alpha value is -3.39. The molecule has 38 heavy (non-hydrogen) atoms. The first kappa shape index (κ1) is 26.2. The maximum Gasteiger partial charge on any atom is 0.241 e. The molecule has 1 amide bonds. The first-order valence-electron chi connectivity index (χ1n) is 13.8. The molecule has 1 N–H and O–H groups in total. The molecular weight excluding hydrogens is 478 g/mol. The third kappa shape index (κ3) is 6.35. The molecule has 0 saturated carbocycles. The van der Waals surface area contributed by atoms with Gasteiger partial charge in [-0.2, -0.15) is 4.98 Å². The standard InChI is InChI=1S/C30H39N5O3/c1-21-6-4-17-35(18-21)26-12-8-23(9-13-26)22(2)31-30(36)25-7-5-16-34(19-25)20-28-32-29(33-38-28)24-10-14-27(37-3)15-11-24/h8-15,21-22,25H,4-7,16-20H2,1-3H3,(H,31,36). The summed E-state index contributed by atoms with van der Waals surface area (Å²) in [5.41, 5.74) is 3.29. The molecule has 3 aromatic rings. The van der Waals surface area contributed by atoms with E-state index in [-0.39, 0.29) is 17.9 Å². The lowest BCUT2D eigenvalue weighted by Crippen LogP contribution is -2.43. The number of hydrogen-bond acceptors (Lipinski definition) is 7. The zero-order valence-corrected chi connectivity index (χ0v) is 22.7. The Labute approximate surface area is 225 Å². The molecule has 2 fully saturated rings. The number of methoxy groups -OCH3 is 1. The van der Waals surface area contributed by atoms with Crippen molar-refractivity contribution in [2.45, 2.75) is 52.1 Å². The van der Waals surface area contributed by atoms with Crippen molar-refractivity contribution in [2.24, 2.45) is 11.8 Å². The summed E-state index contributed by atoms with van der Waals surface area (Å²) in [5.74, 6) is 2.71. The number of anilines is 1. The third-order valence-corrected chi connectivity index (χ3v) is 7.83. The number of aromatic nitrogens is 2. The summed E-state index contributed by atoms with van der Waals surface area (Å²) in [4.78, 5) is 22.4. The SMILES string of the molecule is COc1ccc(-c2noc(CN3CCCC(C(=O)NC(C)c4ccc(N5CCCC(C)C5)cc4)C3)n2)cc1. The van der Waals surface area contributed by atoms with Crippen molar-refractivity contribution in [3.05, 3.63) is 60.0 Å². The van der Waals surface area contributed by atoms with Gasteiger partial charge in [-0.15, -0.1) is 0 Å². The van der Waals surface area contributed by atoms with E-state index in [2.05, 4.69) is 63.4 Å². The van der Waals surface area contributed by atoms with Gasteiger partial charge in [0.05, 0.1) is 25.6 Å². The number of ether oxygens (including phenoxy) is 1. The largest absolute Gasteiger partial charge is 0.497 e. The molecule has 202 valence electrons. The molecule has 8 nitrogen and oxygen atoms in total. The van der Waals surface area contributed by atoms with E-state index in [4.69, 9.17) is 9.26 Å². The molecule has 0 radical (unpaired) electrons. The zero-order chi connectivity index (χ0) is 26.5. The second-order valence-electron chi connectivity index (χ2n) is 10.8. The number of nitrogens with one attached hydrogen (secondary N) is 1. The minimum atomic E-state index is -0.0516. The van der Waals surface area contributed by atoms with Crippen molar-refractivity contribution >= 4 is 11.6 Å². The summed E-state index contributed by atoms with van der Waals surface area (Å²) in [7, 11) is 1.64. The average Bonchev–Trinajstić information content (AvgIpc) is 3.41. The number of carbonyl (C=O) groups excluding carboxylic acids is 1. The molecular formula is C30H39N5O3. The first-order valence-corrected chi connectivity index (χ1v) is 13.8. The van der Waals surface area contributed by atoms with E-state index in [0.717, 1.165) is 55.3 Å². The predicted octanol–water partition coefficient (Wildman–Crippen LogP) is 5.07. The van der Waals surface area contributed by atoms with Crippen LogP contribution in [-0.2, 0) is 11.3 Å². The van der Waals surface area contributed by atoms with E-state index in [0.29, 0.717) is 24.8 Å². The van der Waals surface area contributed by atoms with Crippen LogP contribution in [0.3, 0.4) is 0 Å². The van der Waals surface area contributed by atoms with Gasteiger partial charge >= 0.3 is 0 Å². The molecule has 2 saturated heterocycles. The summed E-state index contributed by atoms with van der Waals surface area (Å²) >= 11 is 0. The van der Waals surface area contributed by atoms with Crippen LogP contribution < -0.4 is 15.0 Å². The zero-order valence-electron chi connectivity index (χ0n) is 22.7. The molecule has 0 bridgehead atoms. The summed E-state index contributed by atoms with van der Waals surface area (Å²) < 4.78 is 10.7. The van der Waals surface area contributed by atoms with Crippen LogP contribution in [0.2, 0.25) is 0 Å². The Bertz CT molecular complexity index is 1190. The van der Waals surface area contributed by atoms with Gasteiger partial charge in [0.2, 0.25) is 17.6 Å². The number of hydrogen-bond donors (Lipinski definition) is 1. The molecule has 2 aliphatic heterocycles. The molecule has 3 unspecified atom stereocenters. The van der Waals surface area contributed by atoms with Crippen molar-refractivity contribution in [1.82, 2.24) is 20.4 Å². The Balaban J connectivity index is 1.13.